The second-order valence-electron chi connectivity index (χ2n) is 6.67. The van der Waals surface area contributed by atoms with Gasteiger partial charge in [-0.1, -0.05) is 40.7 Å². The lowest BCUT2D eigenvalue weighted by molar-refractivity contribution is 0.220. The Morgan fingerprint density at radius 1 is 1.17 bits per heavy atom. The lowest BCUT2D eigenvalue weighted by Gasteiger charge is -2.24. The average molecular weight is 250 g/mol. The van der Waals surface area contributed by atoms with Gasteiger partial charge in [-0.05, 0) is 28.9 Å². The first kappa shape index (κ1) is 15.0. The summed E-state index contributed by atoms with van der Waals surface area (Å²) in [7, 11) is 0. The van der Waals surface area contributed by atoms with Crippen LogP contribution in [-0.4, -0.2) is 23.2 Å². The van der Waals surface area contributed by atoms with E-state index in [2.05, 4.69) is 51.0 Å². The molecule has 0 aromatic carbocycles. The normalized spacial score (nSPS) is 12.6. The first-order chi connectivity index (χ1) is 8.24. The molecule has 0 atom stereocenters. The lowest BCUT2D eigenvalue weighted by atomic mass is 9.88. The fourth-order valence-electron chi connectivity index (χ4n) is 1.66. The Bertz CT molecular complexity index is 363. The Hall–Kier alpha value is -1.09. The maximum absolute atomic E-state index is 8.98. The molecule has 0 spiro atoms. The zero-order valence-corrected chi connectivity index (χ0v) is 12.2. The molecule has 0 saturated heterocycles. The largest absolute Gasteiger partial charge is 0.396 e. The number of anilines is 1. The van der Waals surface area contributed by atoms with Gasteiger partial charge in [-0.15, -0.1) is 0 Å². The second kappa shape index (κ2) is 5.70. The highest BCUT2D eigenvalue weighted by Gasteiger charge is 2.17. The van der Waals surface area contributed by atoms with Gasteiger partial charge in [0.05, 0.1) is 0 Å². The van der Waals surface area contributed by atoms with Gasteiger partial charge in [-0.25, -0.2) is 4.98 Å². The van der Waals surface area contributed by atoms with E-state index in [4.69, 9.17) is 5.11 Å². The molecule has 1 aromatic rings. The molecule has 3 nitrogen and oxygen atoms in total. The van der Waals surface area contributed by atoms with E-state index in [0.717, 1.165) is 18.8 Å². The quantitative estimate of drug-likeness (QED) is 0.843. The summed E-state index contributed by atoms with van der Waals surface area (Å²) in [6, 6.07) is 4.14. The Balaban J connectivity index is 2.60. The van der Waals surface area contributed by atoms with E-state index in [9.17, 15) is 0 Å². The van der Waals surface area contributed by atoms with Gasteiger partial charge in [0.1, 0.15) is 5.82 Å². The topological polar surface area (TPSA) is 45.1 Å². The number of rotatable bonds is 5. The summed E-state index contributed by atoms with van der Waals surface area (Å²) in [4.78, 5) is 4.43. The number of aliphatic hydroxyl groups excluding tert-OH is 1. The smallest absolute Gasteiger partial charge is 0.125 e. The summed E-state index contributed by atoms with van der Waals surface area (Å²) in [5.41, 5.74) is 1.46. The van der Waals surface area contributed by atoms with Crippen molar-refractivity contribution in [3.8, 4) is 0 Å². The molecule has 18 heavy (non-hydrogen) atoms. The molecule has 0 aliphatic rings. The maximum Gasteiger partial charge on any atom is 0.125 e. The number of nitrogens with zero attached hydrogens (tertiary/aromatic N) is 1. The van der Waals surface area contributed by atoms with Crippen molar-refractivity contribution in [1.82, 2.24) is 4.98 Å². The molecule has 102 valence electrons. The molecular weight excluding hydrogens is 224 g/mol. The predicted octanol–water partition coefficient (Wildman–Crippen LogP) is 3.20. The minimum absolute atomic E-state index is 0.0825. The first-order valence-electron chi connectivity index (χ1n) is 6.56. The number of hydrogen-bond donors (Lipinski definition) is 2. The van der Waals surface area contributed by atoms with Crippen molar-refractivity contribution in [2.75, 3.05) is 18.5 Å². The molecular formula is C15H26N2O. The molecule has 1 heterocycles. The Kier molecular flexibility index (Phi) is 4.74. The SMILES string of the molecule is CC(C)(CCO)CNc1ccc(C(C)(C)C)cn1. The third kappa shape index (κ3) is 4.65. The molecule has 0 bridgehead atoms. The molecule has 0 radical (unpaired) electrons. The van der Waals surface area contributed by atoms with Gasteiger partial charge in [0, 0.05) is 19.3 Å². The van der Waals surface area contributed by atoms with Crippen LogP contribution in [0.3, 0.4) is 0 Å². The second-order valence-corrected chi connectivity index (χ2v) is 6.67. The first-order valence-corrected chi connectivity index (χ1v) is 6.56. The zero-order chi connectivity index (χ0) is 13.8. The summed E-state index contributed by atoms with van der Waals surface area (Å²) in [6.45, 7) is 11.9. The maximum atomic E-state index is 8.98. The van der Waals surface area contributed by atoms with Crippen LogP contribution in [0.1, 0.15) is 46.6 Å². The molecule has 0 aliphatic carbocycles. The number of pyridine rings is 1. The van der Waals surface area contributed by atoms with E-state index in [1.807, 2.05) is 12.3 Å². The summed E-state index contributed by atoms with van der Waals surface area (Å²) in [5.74, 6) is 0.897. The van der Waals surface area contributed by atoms with Crippen LogP contribution in [0.25, 0.3) is 0 Å². The van der Waals surface area contributed by atoms with Gasteiger partial charge in [-0.3, -0.25) is 0 Å². The van der Waals surface area contributed by atoms with Crippen molar-refractivity contribution in [2.45, 2.75) is 46.5 Å². The van der Waals surface area contributed by atoms with Gasteiger partial charge in [0.25, 0.3) is 0 Å². The highest BCUT2D eigenvalue weighted by Crippen LogP contribution is 2.23. The summed E-state index contributed by atoms with van der Waals surface area (Å²) >= 11 is 0. The van der Waals surface area contributed by atoms with Crippen molar-refractivity contribution >= 4 is 5.82 Å². The third-order valence-corrected chi connectivity index (χ3v) is 3.17. The van der Waals surface area contributed by atoms with Crippen LogP contribution >= 0.6 is 0 Å². The number of hydrogen-bond acceptors (Lipinski definition) is 3. The van der Waals surface area contributed by atoms with Crippen LogP contribution < -0.4 is 5.32 Å². The molecule has 3 heteroatoms. The number of nitrogens with one attached hydrogen (secondary N) is 1. The van der Waals surface area contributed by atoms with E-state index in [1.165, 1.54) is 5.56 Å². The standard InChI is InChI=1S/C15H26N2O/c1-14(2,3)12-6-7-13(16-10-12)17-11-15(4,5)8-9-18/h6-7,10,18H,8-9,11H2,1-5H3,(H,16,17). The summed E-state index contributed by atoms with van der Waals surface area (Å²) in [6.07, 6.45) is 2.72. The van der Waals surface area contributed by atoms with Crippen LogP contribution in [0, 0.1) is 5.41 Å². The van der Waals surface area contributed by atoms with E-state index < -0.39 is 0 Å². The molecule has 1 rings (SSSR count). The van der Waals surface area contributed by atoms with Crippen molar-refractivity contribution in [2.24, 2.45) is 5.41 Å². The van der Waals surface area contributed by atoms with E-state index in [1.54, 1.807) is 0 Å². The monoisotopic (exact) mass is 250 g/mol. The molecule has 0 unspecified atom stereocenters. The number of aromatic nitrogens is 1. The van der Waals surface area contributed by atoms with Crippen LogP contribution in [0.4, 0.5) is 5.82 Å². The van der Waals surface area contributed by atoms with Gasteiger partial charge >= 0.3 is 0 Å². The van der Waals surface area contributed by atoms with Gasteiger partial charge < -0.3 is 10.4 Å². The summed E-state index contributed by atoms with van der Waals surface area (Å²) in [5, 5.41) is 12.3. The molecule has 0 fully saturated rings. The lowest BCUT2D eigenvalue weighted by Crippen LogP contribution is -2.24. The van der Waals surface area contributed by atoms with E-state index in [-0.39, 0.29) is 17.4 Å². The predicted molar refractivity (Wildman–Crippen MR) is 76.9 cm³/mol. The van der Waals surface area contributed by atoms with Crippen molar-refractivity contribution in [3.05, 3.63) is 23.9 Å². The third-order valence-electron chi connectivity index (χ3n) is 3.17. The molecule has 0 amide bonds. The van der Waals surface area contributed by atoms with E-state index in [0.29, 0.717) is 0 Å². The van der Waals surface area contributed by atoms with Crippen molar-refractivity contribution in [3.63, 3.8) is 0 Å². The Labute approximate surface area is 111 Å². The Morgan fingerprint density at radius 3 is 2.28 bits per heavy atom. The zero-order valence-electron chi connectivity index (χ0n) is 12.2. The fraction of sp³-hybridized carbons (Fsp3) is 0.667. The average Bonchev–Trinajstić information content (AvgIpc) is 2.26. The molecule has 2 N–H and O–H groups in total. The minimum atomic E-state index is 0.0825. The number of aliphatic hydroxyl groups is 1. The van der Waals surface area contributed by atoms with Crippen molar-refractivity contribution < 1.29 is 5.11 Å². The van der Waals surface area contributed by atoms with Crippen LogP contribution in [0.15, 0.2) is 18.3 Å². The molecule has 0 saturated carbocycles. The minimum Gasteiger partial charge on any atom is -0.396 e. The van der Waals surface area contributed by atoms with Gasteiger partial charge in [-0.2, -0.15) is 0 Å². The van der Waals surface area contributed by atoms with Crippen LogP contribution in [0.5, 0.6) is 0 Å². The van der Waals surface area contributed by atoms with Gasteiger partial charge in [0.15, 0.2) is 0 Å². The van der Waals surface area contributed by atoms with Crippen molar-refractivity contribution in [1.29, 1.82) is 0 Å². The fourth-order valence-corrected chi connectivity index (χ4v) is 1.66. The molecule has 0 aliphatic heterocycles. The summed E-state index contributed by atoms with van der Waals surface area (Å²) < 4.78 is 0. The molecule has 1 aromatic heterocycles. The van der Waals surface area contributed by atoms with Crippen LogP contribution in [0.2, 0.25) is 0 Å². The van der Waals surface area contributed by atoms with E-state index >= 15 is 0 Å². The highest BCUT2D eigenvalue weighted by atomic mass is 16.3. The van der Waals surface area contributed by atoms with Gasteiger partial charge in [0.2, 0.25) is 0 Å². The Morgan fingerprint density at radius 2 is 1.83 bits per heavy atom. The van der Waals surface area contributed by atoms with Crippen LogP contribution in [-0.2, 0) is 5.41 Å². The highest BCUT2D eigenvalue weighted by molar-refractivity contribution is 5.37.